The van der Waals surface area contributed by atoms with Crippen LogP contribution < -0.4 is 5.32 Å². The van der Waals surface area contributed by atoms with Crippen molar-refractivity contribution in [3.8, 4) is 0 Å². The molecule has 0 aliphatic carbocycles. The summed E-state index contributed by atoms with van der Waals surface area (Å²) in [6, 6.07) is 8.90. The Hall–Kier alpha value is -0.570. The van der Waals surface area contributed by atoms with Crippen molar-refractivity contribution in [1.29, 1.82) is 0 Å². The fourth-order valence-corrected chi connectivity index (χ4v) is 2.71. The van der Waals surface area contributed by atoms with Crippen LogP contribution in [0.15, 0.2) is 24.3 Å². The van der Waals surface area contributed by atoms with Crippen LogP contribution in [0.3, 0.4) is 0 Å². The van der Waals surface area contributed by atoms with Crippen LogP contribution in [0, 0.1) is 0 Å². The third-order valence-corrected chi connectivity index (χ3v) is 3.57. The first-order valence-corrected chi connectivity index (χ1v) is 6.86. The second-order valence-electron chi connectivity index (χ2n) is 4.75. The molecule has 1 heterocycles. The fourth-order valence-electron chi connectivity index (χ4n) is 2.50. The smallest absolute Gasteiger partial charge is 0.0409 e. The van der Waals surface area contributed by atoms with Gasteiger partial charge in [-0.25, -0.2) is 0 Å². The molecule has 17 heavy (non-hydrogen) atoms. The summed E-state index contributed by atoms with van der Waals surface area (Å²) >= 11 is 6.03. The van der Waals surface area contributed by atoms with Gasteiger partial charge in [-0.3, -0.25) is 4.90 Å². The quantitative estimate of drug-likeness (QED) is 0.867. The molecule has 0 bridgehead atoms. The lowest BCUT2D eigenvalue weighted by atomic mass is 10.1. The summed E-state index contributed by atoms with van der Waals surface area (Å²) in [5, 5.41) is 4.28. The van der Waals surface area contributed by atoms with E-state index in [1.165, 1.54) is 24.9 Å². The summed E-state index contributed by atoms with van der Waals surface area (Å²) in [7, 11) is 0. The second kappa shape index (κ2) is 6.39. The normalized spacial score (nSPS) is 20.1. The van der Waals surface area contributed by atoms with E-state index >= 15 is 0 Å². The summed E-state index contributed by atoms with van der Waals surface area (Å²) in [5.74, 6) is 0. The summed E-state index contributed by atoms with van der Waals surface area (Å²) in [6.07, 6.45) is 2.47. The van der Waals surface area contributed by atoms with Gasteiger partial charge < -0.3 is 5.32 Å². The topological polar surface area (TPSA) is 15.3 Å². The van der Waals surface area contributed by atoms with Gasteiger partial charge in [-0.2, -0.15) is 0 Å². The number of nitrogens with one attached hydrogen (secondary N) is 1. The molecule has 0 spiro atoms. The van der Waals surface area contributed by atoms with Gasteiger partial charge in [0.15, 0.2) is 0 Å². The summed E-state index contributed by atoms with van der Waals surface area (Å²) in [4.78, 5) is 2.58. The maximum Gasteiger partial charge on any atom is 0.0409 e. The number of nitrogens with zero attached hydrogens (tertiary/aromatic N) is 1. The van der Waals surface area contributed by atoms with Crippen LogP contribution in [0.5, 0.6) is 0 Å². The SMILES string of the molecule is CCCN(Cc1cccc(Cl)c1)[C@H]1CCNC1. The van der Waals surface area contributed by atoms with Crippen LogP contribution in [0.2, 0.25) is 5.02 Å². The number of benzene rings is 1. The predicted molar refractivity (Wildman–Crippen MR) is 73.4 cm³/mol. The molecule has 0 saturated carbocycles. The molecule has 1 aliphatic rings. The van der Waals surface area contributed by atoms with Crippen LogP contribution in [-0.2, 0) is 6.54 Å². The molecule has 2 rings (SSSR count). The Morgan fingerprint density at radius 3 is 3.00 bits per heavy atom. The Morgan fingerprint density at radius 1 is 1.47 bits per heavy atom. The third kappa shape index (κ3) is 3.70. The fraction of sp³-hybridized carbons (Fsp3) is 0.571. The Kier molecular flexibility index (Phi) is 4.84. The van der Waals surface area contributed by atoms with Crippen LogP contribution in [0.4, 0.5) is 0 Å². The highest BCUT2D eigenvalue weighted by molar-refractivity contribution is 6.30. The largest absolute Gasteiger partial charge is 0.315 e. The molecule has 2 nitrogen and oxygen atoms in total. The van der Waals surface area contributed by atoms with Crippen LogP contribution in [0.25, 0.3) is 0 Å². The minimum atomic E-state index is 0.689. The lowest BCUT2D eigenvalue weighted by Gasteiger charge is -2.28. The van der Waals surface area contributed by atoms with Gasteiger partial charge in [-0.05, 0) is 43.6 Å². The number of hydrogen-bond acceptors (Lipinski definition) is 2. The van der Waals surface area contributed by atoms with E-state index in [9.17, 15) is 0 Å². The van der Waals surface area contributed by atoms with Gasteiger partial charge in [0.1, 0.15) is 0 Å². The zero-order chi connectivity index (χ0) is 12.1. The second-order valence-corrected chi connectivity index (χ2v) is 5.18. The van der Waals surface area contributed by atoms with Gasteiger partial charge in [0.2, 0.25) is 0 Å². The van der Waals surface area contributed by atoms with Crippen molar-refractivity contribution in [2.75, 3.05) is 19.6 Å². The van der Waals surface area contributed by atoms with Crippen molar-refractivity contribution in [1.82, 2.24) is 10.2 Å². The molecule has 1 aromatic rings. The van der Waals surface area contributed by atoms with E-state index < -0.39 is 0 Å². The minimum Gasteiger partial charge on any atom is -0.315 e. The van der Waals surface area contributed by atoms with Gasteiger partial charge in [-0.15, -0.1) is 0 Å². The van der Waals surface area contributed by atoms with Crippen molar-refractivity contribution in [2.24, 2.45) is 0 Å². The van der Waals surface area contributed by atoms with Gasteiger partial charge in [0, 0.05) is 24.2 Å². The maximum absolute atomic E-state index is 6.03. The first-order valence-electron chi connectivity index (χ1n) is 6.49. The van der Waals surface area contributed by atoms with Gasteiger partial charge in [0.25, 0.3) is 0 Å². The lowest BCUT2D eigenvalue weighted by molar-refractivity contribution is 0.199. The average Bonchev–Trinajstić information content (AvgIpc) is 2.82. The summed E-state index contributed by atoms with van der Waals surface area (Å²) in [5.41, 5.74) is 1.32. The molecular formula is C14H21ClN2. The van der Waals surface area contributed by atoms with Crippen molar-refractivity contribution < 1.29 is 0 Å². The van der Waals surface area contributed by atoms with Crippen molar-refractivity contribution in [3.05, 3.63) is 34.9 Å². The van der Waals surface area contributed by atoms with E-state index in [-0.39, 0.29) is 0 Å². The van der Waals surface area contributed by atoms with Gasteiger partial charge in [0.05, 0.1) is 0 Å². The van der Waals surface area contributed by atoms with Crippen molar-refractivity contribution in [3.63, 3.8) is 0 Å². The Labute approximate surface area is 109 Å². The number of hydrogen-bond donors (Lipinski definition) is 1. The molecule has 0 radical (unpaired) electrons. The van der Waals surface area contributed by atoms with Crippen molar-refractivity contribution >= 4 is 11.6 Å². The van der Waals surface area contributed by atoms with Crippen LogP contribution in [-0.4, -0.2) is 30.6 Å². The third-order valence-electron chi connectivity index (χ3n) is 3.34. The average molecular weight is 253 g/mol. The Morgan fingerprint density at radius 2 is 2.35 bits per heavy atom. The molecule has 1 fully saturated rings. The molecule has 3 heteroatoms. The Bertz CT molecular complexity index is 348. The monoisotopic (exact) mass is 252 g/mol. The first-order chi connectivity index (χ1) is 8.29. The molecule has 1 aliphatic heterocycles. The summed E-state index contributed by atoms with van der Waals surface area (Å²) in [6.45, 7) is 6.70. The molecule has 1 aromatic carbocycles. The standard InChI is InChI=1S/C14H21ClN2/c1-2-8-17(14-6-7-16-10-14)11-12-4-3-5-13(15)9-12/h3-5,9,14,16H,2,6-8,10-11H2,1H3/t14-/m0/s1. The molecule has 1 atom stereocenters. The molecule has 1 N–H and O–H groups in total. The number of halogens is 1. The van der Waals surface area contributed by atoms with E-state index in [4.69, 9.17) is 11.6 Å². The zero-order valence-corrected chi connectivity index (χ0v) is 11.2. The molecule has 0 amide bonds. The predicted octanol–water partition coefficient (Wildman–Crippen LogP) is 2.91. The lowest BCUT2D eigenvalue weighted by Crippen LogP contribution is -2.36. The van der Waals surface area contributed by atoms with E-state index in [1.54, 1.807) is 0 Å². The van der Waals surface area contributed by atoms with E-state index in [1.807, 2.05) is 12.1 Å². The molecule has 0 aromatic heterocycles. The molecular weight excluding hydrogens is 232 g/mol. The van der Waals surface area contributed by atoms with E-state index in [2.05, 4.69) is 29.3 Å². The van der Waals surface area contributed by atoms with E-state index in [0.717, 1.165) is 24.7 Å². The highest BCUT2D eigenvalue weighted by Gasteiger charge is 2.21. The van der Waals surface area contributed by atoms with Crippen LogP contribution in [0.1, 0.15) is 25.3 Å². The summed E-state index contributed by atoms with van der Waals surface area (Å²) < 4.78 is 0. The van der Waals surface area contributed by atoms with Gasteiger partial charge >= 0.3 is 0 Å². The van der Waals surface area contributed by atoms with Crippen molar-refractivity contribution in [2.45, 2.75) is 32.4 Å². The first kappa shape index (κ1) is 12.9. The maximum atomic E-state index is 6.03. The van der Waals surface area contributed by atoms with Crippen LogP contribution >= 0.6 is 11.6 Å². The molecule has 0 unspecified atom stereocenters. The number of rotatable bonds is 5. The molecule has 1 saturated heterocycles. The zero-order valence-electron chi connectivity index (χ0n) is 10.5. The van der Waals surface area contributed by atoms with E-state index in [0.29, 0.717) is 6.04 Å². The highest BCUT2D eigenvalue weighted by Crippen LogP contribution is 2.16. The Balaban J connectivity index is 2.01. The molecule has 94 valence electrons. The minimum absolute atomic E-state index is 0.689. The highest BCUT2D eigenvalue weighted by atomic mass is 35.5. The van der Waals surface area contributed by atoms with Gasteiger partial charge in [-0.1, -0.05) is 30.7 Å².